The van der Waals surface area contributed by atoms with Crippen molar-refractivity contribution in [3.8, 4) is 10.8 Å². The first kappa shape index (κ1) is 17.5. The summed E-state index contributed by atoms with van der Waals surface area (Å²) in [5, 5.41) is 0.618. The van der Waals surface area contributed by atoms with Gasteiger partial charge in [-0.1, -0.05) is 6.92 Å². The highest BCUT2D eigenvalue weighted by molar-refractivity contribution is 7.17. The van der Waals surface area contributed by atoms with E-state index in [2.05, 4.69) is 15.0 Å². The number of aromatic nitrogens is 3. The molecule has 1 aliphatic rings. The van der Waals surface area contributed by atoms with E-state index < -0.39 is 6.04 Å². The third-order valence-electron chi connectivity index (χ3n) is 4.22. The van der Waals surface area contributed by atoms with Gasteiger partial charge in [-0.05, 0) is 31.7 Å². The summed E-state index contributed by atoms with van der Waals surface area (Å²) in [5.41, 5.74) is 0.714. The molecular weight excluding hydrogens is 340 g/mol. The molecule has 0 aliphatic carbocycles. The first-order chi connectivity index (χ1) is 12.2. The summed E-state index contributed by atoms with van der Waals surface area (Å²) in [5.74, 6) is -0.0155. The van der Waals surface area contributed by atoms with Crippen LogP contribution in [0.4, 0.5) is 0 Å². The molecule has 0 aromatic carbocycles. The van der Waals surface area contributed by atoms with Crippen LogP contribution < -0.4 is 0 Å². The minimum absolute atomic E-state index is 0.161. The molecule has 0 saturated carbocycles. The number of likely N-dealkylation sites (tertiary alicyclic amines) is 1. The number of ether oxygens (including phenoxy) is 1. The summed E-state index contributed by atoms with van der Waals surface area (Å²) in [6.45, 7) is 2.51. The van der Waals surface area contributed by atoms with Gasteiger partial charge in [0.05, 0.1) is 12.8 Å². The first-order valence-corrected chi connectivity index (χ1v) is 9.13. The number of hydrogen-bond acceptors (Lipinski definition) is 7. The molecule has 1 unspecified atom stereocenters. The highest BCUT2D eigenvalue weighted by Crippen LogP contribution is 2.29. The Labute approximate surface area is 150 Å². The molecule has 0 radical (unpaired) electrons. The van der Waals surface area contributed by atoms with E-state index in [1.165, 1.54) is 18.4 Å². The maximum atomic E-state index is 13.1. The van der Waals surface area contributed by atoms with Crippen molar-refractivity contribution in [1.82, 2.24) is 19.9 Å². The Balaban J connectivity index is 1.93. The first-order valence-electron chi connectivity index (χ1n) is 8.31. The van der Waals surface area contributed by atoms with Gasteiger partial charge in [-0.2, -0.15) is 0 Å². The second kappa shape index (κ2) is 7.69. The zero-order valence-electron chi connectivity index (χ0n) is 14.3. The van der Waals surface area contributed by atoms with Crippen LogP contribution in [0.15, 0.2) is 18.5 Å². The van der Waals surface area contributed by atoms with Crippen LogP contribution in [0, 0.1) is 0 Å². The Morgan fingerprint density at radius 2 is 2.08 bits per heavy atom. The minimum Gasteiger partial charge on any atom is -0.467 e. The van der Waals surface area contributed by atoms with Crippen LogP contribution in [-0.2, 0) is 16.0 Å². The third kappa shape index (κ3) is 3.53. The van der Waals surface area contributed by atoms with Crippen LogP contribution >= 0.6 is 11.3 Å². The second-order valence-electron chi connectivity index (χ2n) is 5.75. The van der Waals surface area contributed by atoms with Crippen LogP contribution in [0.2, 0.25) is 0 Å². The van der Waals surface area contributed by atoms with Gasteiger partial charge in [0, 0.05) is 18.9 Å². The minimum atomic E-state index is -0.519. The standard InChI is InChI=1S/C17H20N4O3S/c1-3-11-13(25-15(20-11)14-18-8-6-9-19-14)16(22)21-10-5-4-7-12(21)17(23)24-2/h6,8-9,12H,3-5,7,10H2,1-2H3. The number of carbonyl (C=O) groups excluding carboxylic acids is 2. The largest absolute Gasteiger partial charge is 0.467 e. The van der Waals surface area contributed by atoms with Gasteiger partial charge >= 0.3 is 5.97 Å². The van der Waals surface area contributed by atoms with Crippen LogP contribution in [0.1, 0.15) is 41.6 Å². The van der Waals surface area contributed by atoms with Crippen LogP contribution in [0.25, 0.3) is 10.8 Å². The lowest BCUT2D eigenvalue weighted by molar-refractivity contribution is -0.147. The zero-order valence-corrected chi connectivity index (χ0v) is 15.1. The monoisotopic (exact) mass is 360 g/mol. The molecule has 2 aromatic rings. The summed E-state index contributed by atoms with van der Waals surface area (Å²) in [4.78, 5) is 40.3. The van der Waals surface area contributed by atoms with Gasteiger partial charge in [0.25, 0.3) is 5.91 Å². The molecule has 1 amide bonds. The molecule has 1 saturated heterocycles. The number of aryl methyl sites for hydroxylation is 1. The molecule has 0 bridgehead atoms. The SMILES string of the molecule is CCc1nc(-c2ncccn2)sc1C(=O)N1CCCCC1C(=O)OC. The summed E-state index contributed by atoms with van der Waals surface area (Å²) < 4.78 is 4.87. The van der Waals surface area contributed by atoms with E-state index in [4.69, 9.17) is 4.74 Å². The van der Waals surface area contributed by atoms with Gasteiger partial charge in [-0.3, -0.25) is 4.79 Å². The average molecular weight is 360 g/mol. The predicted molar refractivity (Wildman–Crippen MR) is 93.2 cm³/mol. The van der Waals surface area contributed by atoms with Crippen molar-refractivity contribution in [2.75, 3.05) is 13.7 Å². The quantitative estimate of drug-likeness (QED) is 0.778. The zero-order chi connectivity index (χ0) is 17.8. The summed E-state index contributed by atoms with van der Waals surface area (Å²) in [6, 6.07) is 1.22. The molecule has 1 fully saturated rings. The molecule has 8 heteroatoms. The third-order valence-corrected chi connectivity index (χ3v) is 5.30. The number of nitrogens with zero attached hydrogens (tertiary/aromatic N) is 4. The number of esters is 1. The number of amides is 1. The van der Waals surface area contributed by atoms with Crippen molar-refractivity contribution >= 4 is 23.2 Å². The normalized spacial score (nSPS) is 17.4. The smallest absolute Gasteiger partial charge is 0.328 e. The lowest BCUT2D eigenvalue weighted by Crippen LogP contribution is -2.48. The Hall–Kier alpha value is -2.35. The van der Waals surface area contributed by atoms with Crippen molar-refractivity contribution < 1.29 is 14.3 Å². The van der Waals surface area contributed by atoms with Crippen molar-refractivity contribution in [2.24, 2.45) is 0 Å². The highest BCUT2D eigenvalue weighted by atomic mass is 32.1. The second-order valence-corrected chi connectivity index (χ2v) is 6.75. The number of carbonyl (C=O) groups is 2. The van der Waals surface area contributed by atoms with Gasteiger partial charge in [0.1, 0.15) is 10.9 Å². The van der Waals surface area contributed by atoms with Gasteiger partial charge < -0.3 is 9.64 Å². The fourth-order valence-electron chi connectivity index (χ4n) is 2.95. The fourth-order valence-corrected chi connectivity index (χ4v) is 4.01. The Morgan fingerprint density at radius 3 is 2.76 bits per heavy atom. The summed E-state index contributed by atoms with van der Waals surface area (Å²) in [6.07, 6.45) is 6.35. The number of thiazole rings is 1. The lowest BCUT2D eigenvalue weighted by Gasteiger charge is -2.33. The molecule has 25 heavy (non-hydrogen) atoms. The van der Waals surface area contributed by atoms with E-state index in [1.54, 1.807) is 23.4 Å². The number of piperidine rings is 1. The molecular formula is C17H20N4O3S. The molecule has 7 nitrogen and oxygen atoms in total. The van der Waals surface area contributed by atoms with Gasteiger partial charge in [-0.15, -0.1) is 11.3 Å². The Morgan fingerprint density at radius 1 is 1.32 bits per heavy atom. The van der Waals surface area contributed by atoms with Gasteiger partial charge in [0.2, 0.25) is 0 Å². The Bertz CT molecular complexity index is 763. The van der Waals surface area contributed by atoms with Crippen molar-refractivity contribution in [1.29, 1.82) is 0 Å². The molecule has 1 aliphatic heterocycles. The van der Waals surface area contributed by atoms with E-state index >= 15 is 0 Å². The van der Waals surface area contributed by atoms with E-state index in [0.717, 1.165) is 12.8 Å². The summed E-state index contributed by atoms with van der Waals surface area (Å²) in [7, 11) is 1.36. The molecule has 3 rings (SSSR count). The topological polar surface area (TPSA) is 85.3 Å². The van der Waals surface area contributed by atoms with Crippen molar-refractivity contribution in [2.45, 2.75) is 38.6 Å². The highest BCUT2D eigenvalue weighted by Gasteiger charge is 2.35. The average Bonchev–Trinajstić information content (AvgIpc) is 3.12. The van der Waals surface area contributed by atoms with E-state index in [0.29, 0.717) is 40.8 Å². The maximum absolute atomic E-state index is 13.1. The van der Waals surface area contributed by atoms with Crippen LogP contribution in [0.3, 0.4) is 0 Å². The Kier molecular flexibility index (Phi) is 5.37. The molecule has 132 valence electrons. The van der Waals surface area contributed by atoms with E-state index in [1.807, 2.05) is 6.92 Å². The fraction of sp³-hybridized carbons (Fsp3) is 0.471. The molecule has 2 aromatic heterocycles. The molecule has 0 N–H and O–H groups in total. The van der Waals surface area contributed by atoms with Crippen molar-refractivity contribution in [3.63, 3.8) is 0 Å². The maximum Gasteiger partial charge on any atom is 0.328 e. The van der Waals surface area contributed by atoms with Gasteiger partial charge in [-0.25, -0.2) is 19.7 Å². The predicted octanol–water partition coefficient (Wildman–Crippen LogP) is 2.33. The van der Waals surface area contributed by atoms with Crippen LogP contribution in [0.5, 0.6) is 0 Å². The number of methoxy groups -OCH3 is 1. The van der Waals surface area contributed by atoms with Crippen LogP contribution in [-0.4, -0.2) is 51.4 Å². The number of rotatable bonds is 4. The van der Waals surface area contributed by atoms with Gasteiger partial charge in [0.15, 0.2) is 10.8 Å². The van der Waals surface area contributed by atoms with E-state index in [-0.39, 0.29) is 11.9 Å². The van der Waals surface area contributed by atoms with E-state index in [9.17, 15) is 9.59 Å². The summed E-state index contributed by atoms with van der Waals surface area (Å²) >= 11 is 1.28. The molecule has 1 atom stereocenters. The lowest BCUT2D eigenvalue weighted by atomic mass is 10.0. The molecule has 3 heterocycles. The molecule has 0 spiro atoms. The number of hydrogen-bond donors (Lipinski definition) is 0. The van der Waals surface area contributed by atoms with Crippen molar-refractivity contribution in [3.05, 3.63) is 29.0 Å².